The number of aromatic nitrogens is 5. The number of alkyl halides is 3. The number of carbonyl (C=O) groups excluding carboxylic acids is 3. The summed E-state index contributed by atoms with van der Waals surface area (Å²) in [6.45, 7) is 11.3. The molecular formula is C47H50F3N11O4. The van der Waals surface area contributed by atoms with Gasteiger partial charge in [0.05, 0.1) is 5.69 Å². The Morgan fingerprint density at radius 2 is 1.49 bits per heavy atom. The normalized spacial score (nSPS) is 16.9. The zero-order chi connectivity index (χ0) is 45.5. The average molecular weight is 890 g/mol. The Morgan fingerprint density at radius 3 is 2.17 bits per heavy atom. The van der Waals surface area contributed by atoms with E-state index in [1.165, 1.54) is 12.0 Å². The number of H-pyrrole nitrogens is 1. The Morgan fingerprint density at radius 1 is 0.831 bits per heavy atom. The van der Waals surface area contributed by atoms with Gasteiger partial charge in [0.15, 0.2) is 0 Å². The highest BCUT2D eigenvalue weighted by Gasteiger charge is 2.53. The topological polar surface area (TPSA) is 169 Å². The van der Waals surface area contributed by atoms with E-state index in [9.17, 15) is 27.6 Å². The molecule has 65 heavy (non-hydrogen) atoms. The molecule has 6 heterocycles. The van der Waals surface area contributed by atoms with E-state index >= 15 is 0 Å². The van der Waals surface area contributed by atoms with E-state index in [4.69, 9.17) is 4.52 Å². The predicted molar refractivity (Wildman–Crippen MR) is 240 cm³/mol. The average Bonchev–Trinajstić information content (AvgIpc) is 3.99. The van der Waals surface area contributed by atoms with Crippen LogP contribution in [-0.4, -0.2) is 106 Å². The smallest absolute Gasteiger partial charge is 0.372 e. The number of benzene rings is 3. The number of halogens is 3. The molecule has 3 N–H and O–H groups in total. The van der Waals surface area contributed by atoms with Gasteiger partial charge in [0, 0.05) is 99.0 Å². The number of rotatable bonds is 11. The highest BCUT2D eigenvalue weighted by molar-refractivity contribution is 6.05. The molecule has 9 rings (SSSR count). The minimum atomic E-state index is -4.63. The molecule has 3 aromatic heterocycles. The summed E-state index contributed by atoms with van der Waals surface area (Å²) in [6.07, 6.45) is -0.511. The highest BCUT2D eigenvalue weighted by Crippen LogP contribution is 2.39. The summed E-state index contributed by atoms with van der Waals surface area (Å²) in [5.41, 5.74) is 6.70. The summed E-state index contributed by atoms with van der Waals surface area (Å²) in [7, 11) is 0. The number of imide groups is 1. The molecule has 0 aliphatic carbocycles. The molecule has 3 fully saturated rings. The molecule has 0 bridgehead atoms. The molecule has 6 aromatic rings. The second-order valence-electron chi connectivity index (χ2n) is 17.6. The van der Waals surface area contributed by atoms with Gasteiger partial charge in [-0.3, -0.25) is 24.7 Å². The Labute approximate surface area is 373 Å². The standard InChI is InChI=1S/C47H50F3N11O4/c1-29-24-32(4-5-33(29)26-51-43(63)42-56-44(65-57-42)46(2,3)47(48,49)50)40-37-25-38(54-41(37)53-28-52-40)31-6-8-34(9-7-31)60-22-20-58(21-23-60)27-30-14-17-59(18-15-30)35-10-12-36(13-11-35)61-19-16-39(62)55-45(61)64/h4-13,24-25,28,30H,14-23,26-27H2,1-3H3,(H,51,63)(H,52,53,54)(H,55,62,64). The molecule has 3 saturated heterocycles. The van der Waals surface area contributed by atoms with Crippen LogP contribution in [0.25, 0.3) is 33.5 Å². The first-order valence-corrected chi connectivity index (χ1v) is 21.9. The van der Waals surface area contributed by atoms with Gasteiger partial charge in [0.2, 0.25) is 11.8 Å². The molecule has 338 valence electrons. The number of piperazine rings is 1. The van der Waals surface area contributed by atoms with Gasteiger partial charge in [0.25, 0.3) is 11.7 Å². The van der Waals surface area contributed by atoms with Crippen LogP contribution in [-0.2, 0) is 16.8 Å². The monoisotopic (exact) mass is 889 g/mol. The summed E-state index contributed by atoms with van der Waals surface area (Å²) >= 11 is 0. The van der Waals surface area contributed by atoms with E-state index in [2.05, 4.69) is 92.9 Å². The number of aryl methyl sites for hydroxylation is 1. The van der Waals surface area contributed by atoms with Gasteiger partial charge < -0.3 is 24.6 Å². The minimum absolute atomic E-state index is 0.103. The van der Waals surface area contributed by atoms with Gasteiger partial charge in [-0.25, -0.2) is 14.8 Å². The van der Waals surface area contributed by atoms with Gasteiger partial charge >= 0.3 is 12.2 Å². The quantitative estimate of drug-likeness (QED) is 0.120. The second kappa shape index (κ2) is 17.6. The predicted octanol–water partition coefficient (Wildman–Crippen LogP) is 7.24. The number of hydrogen-bond acceptors (Lipinski definition) is 11. The Kier molecular flexibility index (Phi) is 11.8. The summed E-state index contributed by atoms with van der Waals surface area (Å²) in [5, 5.41) is 9.39. The van der Waals surface area contributed by atoms with Crippen molar-refractivity contribution in [1.82, 2.24) is 40.6 Å². The maximum absolute atomic E-state index is 13.4. The van der Waals surface area contributed by atoms with Crippen molar-refractivity contribution < 1.29 is 32.1 Å². The van der Waals surface area contributed by atoms with Crippen LogP contribution in [0.3, 0.4) is 0 Å². The number of amides is 4. The van der Waals surface area contributed by atoms with Gasteiger partial charge in [-0.2, -0.15) is 18.2 Å². The Balaban J connectivity index is 0.759. The third-order valence-corrected chi connectivity index (χ3v) is 13.0. The van der Waals surface area contributed by atoms with E-state index in [1.807, 2.05) is 37.3 Å². The number of carbonyl (C=O) groups is 3. The molecule has 4 amide bonds. The van der Waals surface area contributed by atoms with Crippen molar-refractivity contribution in [3.05, 3.63) is 102 Å². The summed E-state index contributed by atoms with van der Waals surface area (Å²) in [5.74, 6) is -1.47. The molecule has 3 aromatic carbocycles. The van der Waals surface area contributed by atoms with Crippen molar-refractivity contribution in [3.8, 4) is 22.5 Å². The van der Waals surface area contributed by atoms with Crippen LogP contribution < -0.4 is 25.3 Å². The Hall–Kier alpha value is -6.82. The number of anilines is 3. The number of nitrogens with one attached hydrogen (secondary N) is 3. The molecule has 0 saturated carbocycles. The van der Waals surface area contributed by atoms with Crippen molar-refractivity contribution in [1.29, 1.82) is 0 Å². The third-order valence-electron chi connectivity index (χ3n) is 13.0. The first kappa shape index (κ1) is 43.4. The third kappa shape index (κ3) is 9.12. The molecule has 0 spiro atoms. The van der Waals surface area contributed by atoms with Crippen LogP contribution in [0.15, 0.2) is 83.6 Å². The SMILES string of the molecule is Cc1cc(-c2ncnc3[nH]c(-c4ccc(N5CCN(CC6CCN(c7ccc(N8CCC(=O)NC8=O)cc7)CC6)CC5)cc4)cc23)ccc1CNC(=O)c1noc(C(C)(C)C(F)(F)F)n1. The number of urea groups is 1. The minimum Gasteiger partial charge on any atom is -0.372 e. The van der Waals surface area contributed by atoms with Crippen LogP contribution in [0.2, 0.25) is 0 Å². The van der Waals surface area contributed by atoms with Crippen LogP contribution in [0, 0.1) is 12.8 Å². The first-order valence-electron chi connectivity index (χ1n) is 21.9. The highest BCUT2D eigenvalue weighted by atomic mass is 19.4. The summed E-state index contributed by atoms with van der Waals surface area (Å²) in [6, 6.07) is 24.1. The van der Waals surface area contributed by atoms with E-state index in [0.29, 0.717) is 24.5 Å². The largest absolute Gasteiger partial charge is 0.402 e. The zero-order valence-electron chi connectivity index (χ0n) is 36.4. The van der Waals surface area contributed by atoms with Crippen molar-refractivity contribution in [2.75, 3.05) is 67.1 Å². The van der Waals surface area contributed by atoms with Gasteiger partial charge in [-0.1, -0.05) is 29.4 Å². The van der Waals surface area contributed by atoms with Crippen LogP contribution in [0.5, 0.6) is 0 Å². The summed E-state index contributed by atoms with van der Waals surface area (Å²) < 4.78 is 45.0. The molecular weight excluding hydrogens is 840 g/mol. The fraction of sp³-hybridized carbons (Fsp3) is 0.383. The van der Waals surface area contributed by atoms with E-state index in [1.54, 1.807) is 4.90 Å². The van der Waals surface area contributed by atoms with E-state index in [0.717, 1.165) is 123 Å². The van der Waals surface area contributed by atoms with Crippen LogP contribution >= 0.6 is 0 Å². The number of hydrogen-bond donors (Lipinski definition) is 3. The lowest BCUT2D eigenvalue weighted by molar-refractivity contribution is -0.186. The van der Waals surface area contributed by atoms with Gasteiger partial charge in [-0.15, -0.1) is 0 Å². The van der Waals surface area contributed by atoms with Crippen molar-refractivity contribution in [2.45, 2.75) is 58.2 Å². The van der Waals surface area contributed by atoms with Crippen molar-refractivity contribution in [2.24, 2.45) is 5.92 Å². The first-order chi connectivity index (χ1) is 31.2. The van der Waals surface area contributed by atoms with Gasteiger partial charge in [-0.05, 0) is 105 Å². The number of aromatic amines is 1. The fourth-order valence-electron chi connectivity index (χ4n) is 8.75. The molecule has 3 aliphatic heterocycles. The van der Waals surface area contributed by atoms with E-state index < -0.39 is 29.2 Å². The van der Waals surface area contributed by atoms with Gasteiger partial charge in [0.1, 0.15) is 17.4 Å². The lowest BCUT2D eigenvalue weighted by Gasteiger charge is -2.40. The molecule has 0 radical (unpaired) electrons. The number of nitrogens with zero attached hydrogens (tertiary/aromatic N) is 8. The number of piperidine rings is 1. The summed E-state index contributed by atoms with van der Waals surface area (Å²) in [4.78, 5) is 61.9. The molecule has 0 atom stereocenters. The van der Waals surface area contributed by atoms with Crippen LogP contribution in [0.1, 0.15) is 60.7 Å². The number of fused-ring (bicyclic) bond motifs is 1. The zero-order valence-corrected chi connectivity index (χ0v) is 36.4. The fourth-order valence-corrected chi connectivity index (χ4v) is 8.75. The lowest BCUT2D eigenvalue weighted by atomic mass is 9.93. The van der Waals surface area contributed by atoms with Crippen molar-refractivity contribution in [3.63, 3.8) is 0 Å². The molecule has 3 aliphatic rings. The van der Waals surface area contributed by atoms with Crippen molar-refractivity contribution >= 4 is 45.9 Å². The molecule has 15 nitrogen and oxygen atoms in total. The lowest BCUT2D eigenvalue weighted by Crippen LogP contribution is -2.49. The Bertz CT molecular complexity index is 2700. The van der Waals surface area contributed by atoms with E-state index in [-0.39, 0.29) is 18.5 Å². The van der Waals surface area contributed by atoms with Crippen LogP contribution in [0.4, 0.5) is 35.0 Å². The second-order valence-corrected chi connectivity index (χ2v) is 17.6. The maximum Gasteiger partial charge on any atom is 0.402 e. The molecule has 18 heteroatoms. The maximum atomic E-state index is 13.4. The molecule has 0 unspecified atom stereocenters.